The fourth-order valence-corrected chi connectivity index (χ4v) is 8.83. The Morgan fingerprint density at radius 3 is 1.32 bits per heavy atom. The molecule has 0 bridgehead atoms. The van der Waals surface area contributed by atoms with Crippen LogP contribution in [0.4, 0.5) is 17.1 Å². The number of furan rings is 1. The quantitative estimate of drug-likeness (QED) is 0.153. The number of rotatable bonds is 8. The number of hydrogen-bond donors (Lipinski definition) is 0. The van der Waals surface area contributed by atoms with Gasteiger partial charge >= 0.3 is 0 Å². The van der Waals surface area contributed by atoms with Gasteiger partial charge in [0.1, 0.15) is 11.2 Å². The van der Waals surface area contributed by atoms with Crippen molar-refractivity contribution < 1.29 is 4.42 Å². The molecule has 0 aliphatic heterocycles. The Morgan fingerprint density at radius 2 is 0.733 bits per heavy atom. The van der Waals surface area contributed by atoms with E-state index in [2.05, 4.69) is 241 Å². The molecule has 1 heterocycles. The van der Waals surface area contributed by atoms with Gasteiger partial charge in [0.15, 0.2) is 0 Å². The third-order valence-electron chi connectivity index (χ3n) is 11.7. The van der Waals surface area contributed by atoms with Gasteiger partial charge in [0.05, 0.1) is 5.69 Å². The highest BCUT2D eigenvalue weighted by atomic mass is 16.3. The van der Waals surface area contributed by atoms with Gasteiger partial charge in [0, 0.05) is 27.7 Å². The smallest absolute Gasteiger partial charge is 0.136 e. The molecule has 11 aromatic rings. The van der Waals surface area contributed by atoms with Crippen LogP contribution in [0.5, 0.6) is 0 Å². The Labute approximate surface area is 349 Å². The van der Waals surface area contributed by atoms with Crippen molar-refractivity contribution in [3.63, 3.8) is 0 Å². The molecule has 0 saturated carbocycles. The van der Waals surface area contributed by atoms with Gasteiger partial charge in [-0.1, -0.05) is 188 Å². The van der Waals surface area contributed by atoms with Crippen molar-refractivity contribution in [1.82, 2.24) is 0 Å². The number of anilines is 3. The van der Waals surface area contributed by atoms with Crippen molar-refractivity contribution in [2.45, 2.75) is 0 Å². The number of hydrogen-bond acceptors (Lipinski definition) is 2. The van der Waals surface area contributed by atoms with Crippen molar-refractivity contribution in [2.24, 2.45) is 0 Å². The standard InChI is InChI=1S/C58H39NO/c1-5-15-40(16-6-1)42-27-32-47(33-28-42)59(48-34-29-43(30-35-48)41-17-7-2-8-18-41)54-37-31-46(39-53(54)45-21-11-4-12-22-45)49-23-13-25-52-51(49)36-38-56-58(52)57-50(24-14-26-55(57)60-56)44-19-9-3-10-20-44/h1-39H. The van der Waals surface area contributed by atoms with E-state index >= 15 is 0 Å². The van der Waals surface area contributed by atoms with Gasteiger partial charge in [0.25, 0.3) is 0 Å². The molecule has 11 rings (SSSR count). The molecule has 0 aliphatic rings. The van der Waals surface area contributed by atoms with E-state index in [9.17, 15) is 0 Å². The van der Waals surface area contributed by atoms with Gasteiger partial charge in [-0.25, -0.2) is 0 Å². The van der Waals surface area contributed by atoms with Crippen molar-refractivity contribution in [2.75, 3.05) is 4.90 Å². The third-order valence-corrected chi connectivity index (χ3v) is 11.7. The SMILES string of the molecule is c1ccc(-c2ccc(N(c3ccc(-c4ccccc4)cc3)c3ccc(-c4cccc5c4ccc4oc6cccc(-c7ccccc7)c6c45)cc3-c3ccccc3)cc2)cc1. The third kappa shape index (κ3) is 6.32. The van der Waals surface area contributed by atoms with Crippen LogP contribution in [0.15, 0.2) is 241 Å². The van der Waals surface area contributed by atoms with Gasteiger partial charge in [-0.2, -0.15) is 0 Å². The summed E-state index contributed by atoms with van der Waals surface area (Å²) in [5.74, 6) is 0. The van der Waals surface area contributed by atoms with E-state index in [1.165, 1.54) is 49.7 Å². The lowest BCUT2D eigenvalue weighted by Crippen LogP contribution is -2.11. The topological polar surface area (TPSA) is 16.4 Å². The molecule has 0 spiro atoms. The summed E-state index contributed by atoms with van der Waals surface area (Å²) in [6, 6.07) is 84.8. The Balaban J connectivity index is 1.09. The van der Waals surface area contributed by atoms with Crippen molar-refractivity contribution in [1.29, 1.82) is 0 Å². The Hall–Kier alpha value is -7.94. The second kappa shape index (κ2) is 15.1. The van der Waals surface area contributed by atoms with E-state index in [1.54, 1.807) is 0 Å². The second-order valence-corrected chi connectivity index (χ2v) is 15.2. The average Bonchev–Trinajstić information content (AvgIpc) is 3.73. The minimum Gasteiger partial charge on any atom is -0.456 e. The van der Waals surface area contributed by atoms with Gasteiger partial charge in [-0.15, -0.1) is 0 Å². The van der Waals surface area contributed by atoms with E-state index in [-0.39, 0.29) is 0 Å². The summed E-state index contributed by atoms with van der Waals surface area (Å²) in [5.41, 5.74) is 16.8. The van der Waals surface area contributed by atoms with E-state index in [0.29, 0.717) is 0 Å². The molecule has 0 atom stereocenters. The molecule has 0 unspecified atom stereocenters. The summed E-state index contributed by atoms with van der Waals surface area (Å²) < 4.78 is 6.53. The molecular formula is C58H39NO. The molecule has 0 fully saturated rings. The van der Waals surface area contributed by atoms with Crippen LogP contribution in [0.1, 0.15) is 0 Å². The zero-order valence-electron chi connectivity index (χ0n) is 32.9. The molecule has 0 saturated heterocycles. The fourth-order valence-electron chi connectivity index (χ4n) is 8.83. The summed E-state index contributed by atoms with van der Waals surface area (Å²) in [6.07, 6.45) is 0. The number of benzene rings is 10. The van der Waals surface area contributed by atoms with Crippen LogP contribution in [0, 0.1) is 0 Å². The minimum absolute atomic E-state index is 0.894. The molecule has 0 aliphatic carbocycles. The predicted octanol–water partition coefficient (Wildman–Crippen LogP) is 16.5. The van der Waals surface area contributed by atoms with Crippen molar-refractivity contribution in [3.8, 4) is 55.6 Å². The highest BCUT2D eigenvalue weighted by Crippen LogP contribution is 2.46. The molecule has 60 heavy (non-hydrogen) atoms. The molecule has 0 N–H and O–H groups in total. The first-order chi connectivity index (χ1) is 29.8. The average molecular weight is 766 g/mol. The highest BCUT2D eigenvalue weighted by molar-refractivity contribution is 6.24. The lowest BCUT2D eigenvalue weighted by atomic mass is 9.91. The van der Waals surface area contributed by atoms with Gasteiger partial charge < -0.3 is 9.32 Å². The number of fused-ring (bicyclic) bond motifs is 5. The molecule has 2 heteroatoms. The van der Waals surface area contributed by atoms with Crippen LogP contribution < -0.4 is 4.90 Å². The Bertz CT molecular complexity index is 3180. The molecule has 1 aromatic heterocycles. The largest absolute Gasteiger partial charge is 0.456 e. The monoisotopic (exact) mass is 765 g/mol. The second-order valence-electron chi connectivity index (χ2n) is 15.2. The van der Waals surface area contributed by atoms with Crippen molar-refractivity contribution >= 4 is 49.8 Å². The van der Waals surface area contributed by atoms with E-state index in [4.69, 9.17) is 4.42 Å². The maximum absolute atomic E-state index is 6.53. The first-order valence-corrected chi connectivity index (χ1v) is 20.5. The molecule has 10 aromatic carbocycles. The van der Waals surface area contributed by atoms with Gasteiger partial charge in [-0.3, -0.25) is 0 Å². The van der Waals surface area contributed by atoms with Crippen LogP contribution in [-0.4, -0.2) is 0 Å². The summed E-state index contributed by atoms with van der Waals surface area (Å²) >= 11 is 0. The summed E-state index contributed by atoms with van der Waals surface area (Å²) in [4.78, 5) is 2.39. The first-order valence-electron chi connectivity index (χ1n) is 20.5. The summed E-state index contributed by atoms with van der Waals surface area (Å²) in [6.45, 7) is 0. The van der Waals surface area contributed by atoms with Crippen LogP contribution in [0.25, 0.3) is 88.3 Å². The highest BCUT2D eigenvalue weighted by Gasteiger charge is 2.21. The predicted molar refractivity (Wildman–Crippen MR) is 253 cm³/mol. The van der Waals surface area contributed by atoms with Crippen LogP contribution in [0.3, 0.4) is 0 Å². The molecule has 0 amide bonds. The van der Waals surface area contributed by atoms with Crippen LogP contribution in [-0.2, 0) is 0 Å². The fraction of sp³-hybridized carbons (Fsp3) is 0. The maximum Gasteiger partial charge on any atom is 0.136 e. The van der Waals surface area contributed by atoms with Crippen LogP contribution >= 0.6 is 0 Å². The van der Waals surface area contributed by atoms with Crippen LogP contribution in [0.2, 0.25) is 0 Å². The molecule has 2 nitrogen and oxygen atoms in total. The zero-order valence-corrected chi connectivity index (χ0v) is 32.9. The Morgan fingerprint density at radius 1 is 0.267 bits per heavy atom. The summed E-state index contributed by atoms with van der Waals surface area (Å²) in [7, 11) is 0. The van der Waals surface area contributed by atoms with Gasteiger partial charge in [0.2, 0.25) is 0 Å². The van der Waals surface area contributed by atoms with E-state index in [1.807, 2.05) is 0 Å². The van der Waals surface area contributed by atoms with E-state index < -0.39 is 0 Å². The lowest BCUT2D eigenvalue weighted by molar-refractivity contribution is 0.669. The summed E-state index contributed by atoms with van der Waals surface area (Å²) in [5, 5.41) is 4.66. The van der Waals surface area contributed by atoms with Gasteiger partial charge in [-0.05, 0) is 109 Å². The zero-order chi connectivity index (χ0) is 39.8. The first kappa shape index (κ1) is 35.2. The van der Waals surface area contributed by atoms with E-state index in [0.717, 1.165) is 55.7 Å². The Kier molecular flexibility index (Phi) is 8.87. The lowest BCUT2D eigenvalue weighted by Gasteiger charge is -2.29. The minimum atomic E-state index is 0.894. The maximum atomic E-state index is 6.53. The molecule has 0 radical (unpaired) electrons. The molecular weight excluding hydrogens is 727 g/mol. The number of nitrogens with zero attached hydrogens (tertiary/aromatic N) is 1. The normalized spacial score (nSPS) is 11.3. The van der Waals surface area contributed by atoms with Crippen molar-refractivity contribution in [3.05, 3.63) is 237 Å². The molecule has 282 valence electrons.